The first kappa shape index (κ1) is 17.0. The largest absolute Gasteiger partial charge is 0.342 e. The molecule has 0 bridgehead atoms. The first-order chi connectivity index (χ1) is 12.7. The summed E-state index contributed by atoms with van der Waals surface area (Å²) in [5.74, 6) is 0.843. The summed E-state index contributed by atoms with van der Waals surface area (Å²) in [6.07, 6.45) is 0.595. The Morgan fingerprint density at radius 2 is 1.65 bits per heavy atom. The molecule has 4 rings (SSSR count). The number of anilines is 1. The smallest absolute Gasteiger partial charge is 0.113 e. The minimum absolute atomic E-state index is 0.595. The van der Waals surface area contributed by atoms with Crippen LogP contribution in [0.3, 0.4) is 0 Å². The number of nitrogens with zero attached hydrogens (tertiary/aromatic N) is 2. The fourth-order valence-corrected chi connectivity index (χ4v) is 3.28. The van der Waals surface area contributed by atoms with Gasteiger partial charge in [-0.25, -0.2) is 4.99 Å². The third-order valence-corrected chi connectivity index (χ3v) is 4.98. The van der Waals surface area contributed by atoms with E-state index in [1.54, 1.807) is 0 Å². The summed E-state index contributed by atoms with van der Waals surface area (Å²) in [5.41, 5.74) is 4.71. The zero-order chi connectivity index (χ0) is 17.9. The molecule has 3 aromatic rings. The molecule has 128 valence electrons. The molecule has 0 aliphatic carbocycles. The summed E-state index contributed by atoms with van der Waals surface area (Å²) in [7, 11) is 0. The van der Waals surface area contributed by atoms with Crippen LogP contribution in [-0.4, -0.2) is 11.5 Å². The van der Waals surface area contributed by atoms with Crippen LogP contribution in [0.4, 0.5) is 17.1 Å². The number of hydrogen-bond donors (Lipinski definition) is 1. The van der Waals surface area contributed by atoms with E-state index in [4.69, 9.17) is 21.6 Å². The predicted octanol–water partition coefficient (Wildman–Crippen LogP) is 6.77. The quantitative estimate of drug-likeness (QED) is 0.484. The van der Waals surface area contributed by atoms with Crippen molar-refractivity contribution >= 4 is 56.1 Å². The first-order valence-electron chi connectivity index (χ1n) is 8.21. The van der Waals surface area contributed by atoms with Crippen LogP contribution in [0.5, 0.6) is 0 Å². The number of aliphatic imine (C=N–C) groups is 2. The van der Waals surface area contributed by atoms with E-state index in [2.05, 4.69) is 21.2 Å². The molecule has 0 aromatic heterocycles. The molecule has 1 heterocycles. The number of hydrogen-bond acceptors (Lipinski definition) is 2. The lowest BCUT2D eigenvalue weighted by molar-refractivity contribution is 1.40. The molecule has 5 heteroatoms. The average Bonchev–Trinajstić information content (AvgIpc) is 2.83. The maximum absolute atomic E-state index is 6.04. The maximum atomic E-state index is 6.04. The molecule has 0 radical (unpaired) electrons. The van der Waals surface area contributed by atoms with Gasteiger partial charge in [0.25, 0.3) is 0 Å². The molecule has 1 aliphatic rings. The Hall–Kier alpha value is -2.43. The number of amidine groups is 1. The van der Waals surface area contributed by atoms with Crippen molar-refractivity contribution in [3.63, 3.8) is 0 Å². The van der Waals surface area contributed by atoms with Gasteiger partial charge in [-0.3, -0.25) is 4.99 Å². The summed E-state index contributed by atoms with van der Waals surface area (Å²) in [6, 6.07) is 23.7. The lowest BCUT2D eigenvalue weighted by Gasteiger charge is -2.09. The van der Waals surface area contributed by atoms with Crippen molar-refractivity contribution in [2.24, 2.45) is 9.98 Å². The number of rotatable bonds is 2. The molecule has 0 saturated heterocycles. The van der Waals surface area contributed by atoms with E-state index < -0.39 is 0 Å². The zero-order valence-electron chi connectivity index (χ0n) is 13.8. The topological polar surface area (TPSA) is 36.8 Å². The van der Waals surface area contributed by atoms with Crippen molar-refractivity contribution in [3.8, 4) is 0 Å². The third kappa shape index (κ3) is 3.71. The van der Waals surface area contributed by atoms with Crippen LogP contribution >= 0.6 is 27.5 Å². The molecule has 3 aromatic carbocycles. The van der Waals surface area contributed by atoms with Crippen molar-refractivity contribution in [2.75, 3.05) is 5.32 Å². The summed E-state index contributed by atoms with van der Waals surface area (Å²) in [4.78, 5) is 9.69. The highest BCUT2D eigenvalue weighted by Gasteiger charge is 2.16. The monoisotopic (exact) mass is 423 g/mol. The van der Waals surface area contributed by atoms with Gasteiger partial charge in [0.05, 0.1) is 22.8 Å². The van der Waals surface area contributed by atoms with Gasteiger partial charge in [0.15, 0.2) is 0 Å². The normalized spacial score (nSPS) is 15.0. The van der Waals surface area contributed by atoms with Gasteiger partial charge in [0.2, 0.25) is 0 Å². The lowest BCUT2D eigenvalue weighted by atomic mass is 10.1. The van der Waals surface area contributed by atoms with Gasteiger partial charge in [-0.2, -0.15) is 0 Å². The van der Waals surface area contributed by atoms with Gasteiger partial charge >= 0.3 is 0 Å². The van der Waals surface area contributed by atoms with E-state index in [1.807, 2.05) is 72.8 Å². The molecule has 1 aliphatic heterocycles. The van der Waals surface area contributed by atoms with Crippen molar-refractivity contribution in [2.45, 2.75) is 6.42 Å². The molecule has 3 nitrogen and oxygen atoms in total. The van der Waals surface area contributed by atoms with Gasteiger partial charge in [-0.15, -0.1) is 0 Å². The third-order valence-electron chi connectivity index (χ3n) is 4.06. The molecule has 1 N–H and O–H groups in total. The van der Waals surface area contributed by atoms with Gasteiger partial charge in [0.1, 0.15) is 5.84 Å². The molecule has 26 heavy (non-hydrogen) atoms. The van der Waals surface area contributed by atoms with E-state index in [9.17, 15) is 0 Å². The Bertz CT molecular complexity index is 1010. The van der Waals surface area contributed by atoms with Gasteiger partial charge in [0, 0.05) is 15.9 Å². The van der Waals surface area contributed by atoms with Crippen molar-refractivity contribution in [1.29, 1.82) is 0 Å². The Balaban J connectivity index is 1.80. The highest BCUT2D eigenvalue weighted by atomic mass is 79.9. The molecule has 0 unspecified atom stereocenters. The number of halogens is 2. The minimum atomic E-state index is 0.595. The van der Waals surface area contributed by atoms with Crippen molar-refractivity contribution in [1.82, 2.24) is 0 Å². The SMILES string of the molecule is Clc1ccc(C2=Nc3ccccc3NC(=Nc3ccccc3Br)C2)cc1. The average molecular weight is 425 g/mol. The van der Waals surface area contributed by atoms with E-state index >= 15 is 0 Å². The lowest BCUT2D eigenvalue weighted by Crippen LogP contribution is -2.15. The zero-order valence-corrected chi connectivity index (χ0v) is 16.1. The highest BCUT2D eigenvalue weighted by Crippen LogP contribution is 2.31. The van der Waals surface area contributed by atoms with E-state index in [-0.39, 0.29) is 0 Å². The summed E-state index contributed by atoms with van der Waals surface area (Å²) in [5, 5.41) is 4.15. The van der Waals surface area contributed by atoms with E-state index in [0.29, 0.717) is 11.4 Å². The van der Waals surface area contributed by atoms with Gasteiger partial charge in [-0.1, -0.05) is 48.0 Å². The number of benzene rings is 3. The van der Waals surface area contributed by atoms with Crippen LogP contribution in [0, 0.1) is 0 Å². The molecular weight excluding hydrogens is 410 g/mol. The standard InChI is InChI=1S/C21H15BrClN3/c22-16-5-1-2-6-17(16)25-21-13-20(14-9-11-15(23)12-10-14)24-18-7-3-4-8-19(18)26-21/h1-12H,13H2,(H,25,26). The molecule has 0 saturated carbocycles. The summed E-state index contributed by atoms with van der Waals surface area (Å²) in [6.45, 7) is 0. The fraction of sp³-hybridized carbons (Fsp3) is 0.0476. The fourth-order valence-electron chi connectivity index (χ4n) is 2.78. The second-order valence-electron chi connectivity index (χ2n) is 5.89. The summed E-state index contributed by atoms with van der Waals surface area (Å²) < 4.78 is 0.955. The van der Waals surface area contributed by atoms with Crippen LogP contribution in [0.2, 0.25) is 5.02 Å². The van der Waals surface area contributed by atoms with Crippen LogP contribution in [-0.2, 0) is 0 Å². The van der Waals surface area contributed by atoms with Crippen LogP contribution < -0.4 is 5.32 Å². The van der Waals surface area contributed by atoms with Gasteiger partial charge in [-0.05, 0) is 57.9 Å². The molecular formula is C21H15BrClN3. The number of nitrogens with one attached hydrogen (secondary N) is 1. The number of fused-ring (bicyclic) bond motifs is 1. The molecule has 0 fully saturated rings. The Labute approximate surface area is 165 Å². The van der Waals surface area contributed by atoms with Crippen molar-refractivity contribution < 1.29 is 0 Å². The highest BCUT2D eigenvalue weighted by molar-refractivity contribution is 9.10. The summed E-state index contributed by atoms with van der Waals surface area (Å²) >= 11 is 9.60. The first-order valence-corrected chi connectivity index (χ1v) is 9.38. The van der Waals surface area contributed by atoms with Crippen molar-refractivity contribution in [3.05, 3.63) is 87.9 Å². The minimum Gasteiger partial charge on any atom is -0.342 e. The van der Waals surface area contributed by atoms with E-state index in [0.717, 1.165) is 38.6 Å². The van der Waals surface area contributed by atoms with Crippen LogP contribution in [0.15, 0.2) is 87.3 Å². The Morgan fingerprint density at radius 1 is 0.923 bits per heavy atom. The molecule has 0 spiro atoms. The predicted molar refractivity (Wildman–Crippen MR) is 114 cm³/mol. The van der Waals surface area contributed by atoms with Crippen LogP contribution in [0.1, 0.15) is 12.0 Å². The molecule has 0 amide bonds. The maximum Gasteiger partial charge on any atom is 0.113 e. The number of para-hydroxylation sites is 3. The molecule has 0 atom stereocenters. The Morgan fingerprint density at radius 3 is 2.46 bits per heavy atom. The van der Waals surface area contributed by atoms with E-state index in [1.165, 1.54) is 0 Å². The van der Waals surface area contributed by atoms with Crippen LogP contribution in [0.25, 0.3) is 0 Å². The second kappa shape index (κ2) is 7.44. The van der Waals surface area contributed by atoms with Gasteiger partial charge < -0.3 is 5.32 Å². The Kier molecular flexibility index (Phi) is 4.87. The second-order valence-corrected chi connectivity index (χ2v) is 7.18.